The molecule has 4 heteroatoms. The molecule has 1 heterocycles. The maximum Gasteiger partial charge on any atom is 0.225 e. The first-order chi connectivity index (χ1) is 10.3. The smallest absolute Gasteiger partial charge is 0.225 e. The van der Waals surface area contributed by atoms with E-state index in [9.17, 15) is 4.79 Å². The van der Waals surface area contributed by atoms with Crippen molar-refractivity contribution in [3.63, 3.8) is 0 Å². The maximum absolute atomic E-state index is 12.0. The van der Waals surface area contributed by atoms with Crippen LogP contribution in [0.5, 0.6) is 5.75 Å². The summed E-state index contributed by atoms with van der Waals surface area (Å²) >= 11 is 0. The Labute approximate surface area is 126 Å². The number of hydrogen-bond donors (Lipinski definition) is 0. The highest BCUT2D eigenvalue weighted by Crippen LogP contribution is 2.31. The van der Waals surface area contributed by atoms with Gasteiger partial charge < -0.3 is 9.64 Å². The van der Waals surface area contributed by atoms with Crippen LogP contribution in [0.15, 0.2) is 24.3 Å². The topological polar surface area (TPSA) is 32.8 Å². The molecule has 0 N–H and O–H groups in total. The average Bonchev–Trinajstić information content (AvgIpc) is 3.38. The lowest BCUT2D eigenvalue weighted by Gasteiger charge is -2.34. The fraction of sp³-hybridized carbons (Fsp3) is 0.588. The third-order valence-electron chi connectivity index (χ3n) is 4.46. The molecule has 0 aromatic heterocycles. The first-order valence-electron chi connectivity index (χ1n) is 7.90. The molecule has 1 aromatic rings. The molecule has 0 unspecified atom stereocenters. The molecule has 1 aromatic carbocycles. The Morgan fingerprint density at radius 2 is 2.00 bits per heavy atom. The number of rotatable bonds is 5. The molecular formula is C17H24N2O2. The number of ether oxygens (including phenoxy) is 1. The van der Waals surface area contributed by atoms with Crippen LogP contribution >= 0.6 is 0 Å². The molecule has 1 aliphatic carbocycles. The summed E-state index contributed by atoms with van der Waals surface area (Å²) in [6.45, 7) is 4.85. The van der Waals surface area contributed by atoms with Crippen LogP contribution < -0.4 is 4.74 Å². The highest BCUT2D eigenvalue weighted by molar-refractivity contribution is 5.81. The van der Waals surface area contributed by atoms with Gasteiger partial charge in [-0.05, 0) is 37.0 Å². The van der Waals surface area contributed by atoms with Gasteiger partial charge in [0.1, 0.15) is 5.75 Å². The second-order valence-electron chi connectivity index (χ2n) is 6.04. The molecule has 114 valence electrons. The van der Waals surface area contributed by atoms with Crippen LogP contribution in [-0.4, -0.2) is 55.5 Å². The van der Waals surface area contributed by atoms with Gasteiger partial charge in [0.2, 0.25) is 5.91 Å². The van der Waals surface area contributed by atoms with E-state index < -0.39 is 0 Å². The van der Waals surface area contributed by atoms with Crippen molar-refractivity contribution >= 4 is 5.91 Å². The molecule has 0 spiro atoms. The Morgan fingerprint density at radius 3 is 2.67 bits per heavy atom. The number of benzene rings is 1. The summed E-state index contributed by atoms with van der Waals surface area (Å²) in [5.74, 6) is 1.67. The zero-order chi connectivity index (χ0) is 14.7. The van der Waals surface area contributed by atoms with Crippen molar-refractivity contribution in [2.45, 2.75) is 19.3 Å². The number of carbonyl (C=O) groups excluding carboxylic acids is 1. The Hall–Kier alpha value is -1.55. The average molecular weight is 288 g/mol. The van der Waals surface area contributed by atoms with Gasteiger partial charge >= 0.3 is 0 Å². The zero-order valence-electron chi connectivity index (χ0n) is 12.8. The number of hydrogen-bond acceptors (Lipinski definition) is 3. The van der Waals surface area contributed by atoms with Gasteiger partial charge in [0, 0.05) is 38.6 Å². The lowest BCUT2D eigenvalue weighted by atomic mass is 10.1. The van der Waals surface area contributed by atoms with E-state index in [4.69, 9.17) is 4.74 Å². The molecule has 2 aliphatic rings. The van der Waals surface area contributed by atoms with Gasteiger partial charge in [0.15, 0.2) is 0 Å². The van der Waals surface area contributed by atoms with Crippen molar-refractivity contribution in [2.24, 2.45) is 5.92 Å². The highest BCUT2D eigenvalue weighted by atomic mass is 16.5. The van der Waals surface area contributed by atoms with Crippen LogP contribution in [0.4, 0.5) is 0 Å². The fourth-order valence-corrected chi connectivity index (χ4v) is 2.90. The molecule has 21 heavy (non-hydrogen) atoms. The molecule has 1 saturated carbocycles. The quantitative estimate of drug-likeness (QED) is 0.828. The lowest BCUT2D eigenvalue weighted by Crippen LogP contribution is -2.49. The zero-order valence-corrected chi connectivity index (χ0v) is 12.8. The van der Waals surface area contributed by atoms with Crippen LogP contribution in [0.2, 0.25) is 0 Å². The van der Waals surface area contributed by atoms with Crippen molar-refractivity contribution in [3.8, 4) is 5.75 Å². The summed E-state index contributed by atoms with van der Waals surface area (Å²) in [4.78, 5) is 16.5. The van der Waals surface area contributed by atoms with Crippen molar-refractivity contribution in [2.75, 3.05) is 39.8 Å². The van der Waals surface area contributed by atoms with E-state index in [0.717, 1.165) is 57.7 Å². The number of carbonyl (C=O) groups is 1. The summed E-state index contributed by atoms with van der Waals surface area (Å²) in [6.07, 6.45) is 3.25. The number of methoxy groups -OCH3 is 1. The molecule has 0 radical (unpaired) electrons. The van der Waals surface area contributed by atoms with Crippen LogP contribution in [0.25, 0.3) is 0 Å². The first kappa shape index (κ1) is 14.4. The van der Waals surface area contributed by atoms with Gasteiger partial charge in [0.25, 0.3) is 0 Å². The number of nitrogens with zero attached hydrogens (tertiary/aromatic N) is 2. The third-order valence-corrected chi connectivity index (χ3v) is 4.46. The van der Waals surface area contributed by atoms with Crippen LogP contribution in [0.1, 0.15) is 18.4 Å². The van der Waals surface area contributed by atoms with E-state index in [2.05, 4.69) is 21.9 Å². The van der Waals surface area contributed by atoms with E-state index in [0.29, 0.717) is 11.8 Å². The highest BCUT2D eigenvalue weighted by Gasteiger charge is 2.34. The van der Waals surface area contributed by atoms with E-state index in [1.54, 1.807) is 7.11 Å². The van der Waals surface area contributed by atoms with Gasteiger partial charge in [-0.2, -0.15) is 0 Å². The summed E-state index contributed by atoms with van der Waals surface area (Å²) < 4.78 is 5.26. The van der Waals surface area contributed by atoms with E-state index in [1.165, 1.54) is 5.56 Å². The molecular weight excluding hydrogens is 264 g/mol. The Morgan fingerprint density at radius 1 is 1.24 bits per heavy atom. The monoisotopic (exact) mass is 288 g/mol. The fourth-order valence-electron chi connectivity index (χ4n) is 2.90. The van der Waals surface area contributed by atoms with Crippen molar-refractivity contribution in [1.82, 2.24) is 9.80 Å². The van der Waals surface area contributed by atoms with Crippen molar-refractivity contribution < 1.29 is 9.53 Å². The second-order valence-corrected chi connectivity index (χ2v) is 6.04. The molecule has 0 atom stereocenters. The predicted octanol–water partition coefficient (Wildman–Crippen LogP) is 1.79. The Balaban J connectivity index is 1.43. The summed E-state index contributed by atoms with van der Waals surface area (Å²) in [7, 11) is 1.70. The molecule has 3 rings (SSSR count). The summed E-state index contributed by atoms with van der Waals surface area (Å²) in [5.41, 5.74) is 1.31. The van der Waals surface area contributed by atoms with Gasteiger partial charge in [-0.3, -0.25) is 9.69 Å². The lowest BCUT2D eigenvalue weighted by molar-refractivity contribution is -0.134. The van der Waals surface area contributed by atoms with Crippen molar-refractivity contribution in [1.29, 1.82) is 0 Å². The van der Waals surface area contributed by atoms with Crippen molar-refractivity contribution in [3.05, 3.63) is 29.8 Å². The van der Waals surface area contributed by atoms with Gasteiger partial charge in [-0.15, -0.1) is 0 Å². The van der Waals surface area contributed by atoms with Gasteiger partial charge in [-0.1, -0.05) is 12.1 Å². The largest absolute Gasteiger partial charge is 0.497 e. The number of amides is 1. The SMILES string of the molecule is COc1cccc(CCN2CCN(C(=O)C3CC3)CC2)c1. The molecule has 1 aliphatic heterocycles. The van der Waals surface area contributed by atoms with Crippen LogP contribution in [0, 0.1) is 5.92 Å². The Kier molecular flexibility index (Phi) is 4.44. The third kappa shape index (κ3) is 3.76. The molecule has 4 nitrogen and oxygen atoms in total. The van der Waals surface area contributed by atoms with Gasteiger partial charge in [-0.25, -0.2) is 0 Å². The van der Waals surface area contributed by atoms with E-state index in [-0.39, 0.29) is 0 Å². The Bertz CT molecular complexity index is 491. The first-order valence-corrected chi connectivity index (χ1v) is 7.90. The normalized spacial score (nSPS) is 19.6. The van der Waals surface area contributed by atoms with E-state index in [1.807, 2.05) is 12.1 Å². The molecule has 1 saturated heterocycles. The number of piperazine rings is 1. The molecule has 0 bridgehead atoms. The summed E-state index contributed by atoms with van der Waals surface area (Å²) in [6, 6.07) is 8.27. The van der Waals surface area contributed by atoms with E-state index >= 15 is 0 Å². The second kappa shape index (κ2) is 6.48. The minimum atomic E-state index is 0.355. The minimum absolute atomic E-state index is 0.355. The maximum atomic E-state index is 12.0. The minimum Gasteiger partial charge on any atom is -0.497 e. The van der Waals surface area contributed by atoms with Crippen LogP contribution in [-0.2, 0) is 11.2 Å². The molecule has 2 fully saturated rings. The van der Waals surface area contributed by atoms with Gasteiger partial charge in [0.05, 0.1) is 7.11 Å². The van der Waals surface area contributed by atoms with Crippen LogP contribution in [0.3, 0.4) is 0 Å². The molecule has 1 amide bonds. The predicted molar refractivity (Wildman–Crippen MR) is 82.4 cm³/mol. The standard InChI is InChI=1S/C17H24N2O2/c1-21-16-4-2-3-14(13-16)7-8-18-9-11-19(12-10-18)17(20)15-5-6-15/h2-4,13,15H,5-12H2,1H3. The summed E-state index contributed by atoms with van der Waals surface area (Å²) in [5, 5.41) is 0.